The first-order valence-corrected chi connectivity index (χ1v) is 7.87. The monoisotopic (exact) mass is 337 g/mol. The Morgan fingerprint density at radius 1 is 1.16 bits per heavy atom. The van der Waals surface area contributed by atoms with Gasteiger partial charge in [-0.15, -0.1) is 0 Å². The van der Waals surface area contributed by atoms with Crippen molar-refractivity contribution in [2.24, 2.45) is 0 Å². The molecule has 0 aliphatic carbocycles. The number of carbonyl (C=O) groups excluding carboxylic acids is 1. The minimum Gasteiger partial charge on any atom is -0.497 e. The second kappa shape index (κ2) is 6.76. The van der Waals surface area contributed by atoms with Crippen LogP contribution in [0.15, 0.2) is 47.5 Å². The summed E-state index contributed by atoms with van der Waals surface area (Å²) in [4.78, 5) is 29.1. The van der Waals surface area contributed by atoms with E-state index >= 15 is 0 Å². The van der Waals surface area contributed by atoms with Crippen LogP contribution in [0.2, 0.25) is 0 Å². The van der Waals surface area contributed by atoms with Gasteiger partial charge < -0.3 is 10.1 Å². The van der Waals surface area contributed by atoms with Gasteiger partial charge in [-0.2, -0.15) is 0 Å². The maximum atomic E-state index is 12.6. The quantitative estimate of drug-likeness (QED) is 0.794. The Morgan fingerprint density at radius 3 is 2.56 bits per heavy atom. The topological polar surface area (TPSA) is 73.2 Å². The molecule has 0 aliphatic rings. The Kier molecular flexibility index (Phi) is 4.52. The van der Waals surface area contributed by atoms with Crippen LogP contribution in [0.5, 0.6) is 5.75 Å². The smallest absolute Gasteiger partial charge is 0.261 e. The second-order valence-corrected chi connectivity index (χ2v) is 5.99. The third kappa shape index (κ3) is 3.68. The van der Waals surface area contributed by atoms with E-state index < -0.39 is 0 Å². The van der Waals surface area contributed by atoms with Crippen LogP contribution in [-0.4, -0.2) is 22.6 Å². The van der Waals surface area contributed by atoms with Gasteiger partial charge in [-0.25, -0.2) is 4.98 Å². The summed E-state index contributed by atoms with van der Waals surface area (Å²) in [5.41, 5.74) is 3.13. The van der Waals surface area contributed by atoms with E-state index in [1.807, 2.05) is 32.0 Å². The van der Waals surface area contributed by atoms with E-state index in [4.69, 9.17) is 4.74 Å². The van der Waals surface area contributed by atoms with Crippen molar-refractivity contribution in [3.8, 4) is 5.75 Å². The fourth-order valence-electron chi connectivity index (χ4n) is 2.78. The lowest BCUT2D eigenvalue weighted by Gasteiger charge is -2.10. The predicted octanol–water partition coefficient (Wildman–Crippen LogP) is 2.66. The minimum absolute atomic E-state index is 0.105. The normalized spacial score (nSPS) is 10.7. The minimum atomic E-state index is -0.281. The molecule has 3 aromatic rings. The molecule has 0 atom stereocenters. The van der Waals surface area contributed by atoms with Crippen LogP contribution in [0.4, 0.5) is 5.69 Å². The molecule has 6 heteroatoms. The summed E-state index contributed by atoms with van der Waals surface area (Å²) in [5, 5.41) is 3.24. The fraction of sp³-hybridized carbons (Fsp3) is 0.211. The van der Waals surface area contributed by atoms with Crippen LogP contribution in [0.25, 0.3) is 10.9 Å². The number of nitrogens with zero attached hydrogens (tertiary/aromatic N) is 2. The summed E-state index contributed by atoms with van der Waals surface area (Å²) in [6, 6.07) is 10.9. The summed E-state index contributed by atoms with van der Waals surface area (Å²) in [5.74, 6) is 0.292. The van der Waals surface area contributed by atoms with Crippen LogP contribution >= 0.6 is 0 Å². The highest BCUT2D eigenvalue weighted by Gasteiger charge is 2.10. The van der Waals surface area contributed by atoms with Gasteiger partial charge in [-0.05, 0) is 55.3 Å². The van der Waals surface area contributed by atoms with Crippen LogP contribution in [0, 0.1) is 13.8 Å². The molecule has 0 saturated heterocycles. The molecule has 128 valence electrons. The average Bonchev–Trinajstić information content (AvgIpc) is 2.56. The Labute approximate surface area is 145 Å². The average molecular weight is 337 g/mol. The second-order valence-electron chi connectivity index (χ2n) is 5.99. The largest absolute Gasteiger partial charge is 0.497 e. The predicted molar refractivity (Wildman–Crippen MR) is 97.1 cm³/mol. The zero-order valence-electron chi connectivity index (χ0n) is 14.4. The fourth-order valence-corrected chi connectivity index (χ4v) is 2.78. The third-order valence-electron chi connectivity index (χ3n) is 3.85. The van der Waals surface area contributed by atoms with Crippen LogP contribution < -0.4 is 15.6 Å². The number of methoxy groups -OCH3 is 1. The molecule has 1 amide bonds. The van der Waals surface area contributed by atoms with Gasteiger partial charge in [0.25, 0.3) is 5.56 Å². The summed E-state index contributed by atoms with van der Waals surface area (Å²) >= 11 is 0. The van der Waals surface area contributed by atoms with Crippen molar-refractivity contribution >= 4 is 22.5 Å². The number of hydrogen-bond acceptors (Lipinski definition) is 4. The van der Waals surface area contributed by atoms with Crippen molar-refractivity contribution in [3.63, 3.8) is 0 Å². The van der Waals surface area contributed by atoms with E-state index in [-0.39, 0.29) is 18.0 Å². The molecule has 6 nitrogen and oxygen atoms in total. The number of aromatic nitrogens is 2. The number of anilines is 1. The van der Waals surface area contributed by atoms with Crippen molar-refractivity contribution in [1.29, 1.82) is 0 Å². The Balaban J connectivity index is 1.85. The third-order valence-corrected chi connectivity index (χ3v) is 3.85. The van der Waals surface area contributed by atoms with Crippen molar-refractivity contribution in [2.45, 2.75) is 20.4 Å². The van der Waals surface area contributed by atoms with Gasteiger partial charge in [0, 0.05) is 5.69 Å². The molecule has 1 N–H and O–H groups in total. The number of amides is 1. The van der Waals surface area contributed by atoms with Crippen molar-refractivity contribution in [3.05, 3.63) is 64.2 Å². The molecule has 1 aromatic heterocycles. The first kappa shape index (κ1) is 16.7. The van der Waals surface area contributed by atoms with Gasteiger partial charge in [0.05, 0.1) is 24.3 Å². The number of fused-ring (bicyclic) bond motifs is 1. The van der Waals surface area contributed by atoms with E-state index in [0.717, 1.165) is 11.1 Å². The lowest BCUT2D eigenvalue weighted by Crippen LogP contribution is -2.28. The van der Waals surface area contributed by atoms with Crippen molar-refractivity contribution < 1.29 is 9.53 Å². The molecule has 3 rings (SSSR count). The number of rotatable bonds is 4. The van der Waals surface area contributed by atoms with Gasteiger partial charge in [-0.3, -0.25) is 14.2 Å². The number of benzene rings is 2. The van der Waals surface area contributed by atoms with Gasteiger partial charge in [0.15, 0.2) is 0 Å². The molecule has 1 heterocycles. The molecule has 2 aromatic carbocycles. The van der Waals surface area contributed by atoms with Crippen LogP contribution in [0.1, 0.15) is 11.1 Å². The number of carbonyl (C=O) groups is 1. The molecule has 0 radical (unpaired) electrons. The summed E-state index contributed by atoms with van der Waals surface area (Å²) in [6.07, 6.45) is 1.39. The molecule has 0 bridgehead atoms. The number of aryl methyl sites for hydroxylation is 2. The Bertz CT molecular complexity index is 988. The Morgan fingerprint density at radius 2 is 1.88 bits per heavy atom. The summed E-state index contributed by atoms with van der Waals surface area (Å²) < 4.78 is 6.44. The maximum Gasteiger partial charge on any atom is 0.261 e. The van der Waals surface area contributed by atoms with E-state index in [9.17, 15) is 9.59 Å². The first-order valence-electron chi connectivity index (χ1n) is 7.87. The maximum absolute atomic E-state index is 12.6. The lowest BCUT2D eigenvalue weighted by atomic mass is 10.1. The first-order chi connectivity index (χ1) is 12.0. The standard InChI is InChI=1S/C19H19N3O3/c1-12-6-13(2)8-14(7-12)21-18(23)10-22-11-20-17-5-4-15(25-3)9-16(17)19(22)24/h4-9,11H,10H2,1-3H3,(H,21,23). The summed E-state index contributed by atoms with van der Waals surface area (Å²) in [6.45, 7) is 3.83. The number of ether oxygens (including phenoxy) is 1. The van der Waals surface area contributed by atoms with E-state index in [0.29, 0.717) is 22.3 Å². The van der Waals surface area contributed by atoms with Gasteiger partial charge >= 0.3 is 0 Å². The molecular formula is C19H19N3O3. The van der Waals surface area contributed by atoms with E-state index in [1.165, 1.54) is 18.0 Å². The zero-order valence-corrected chi connectivity index (χ0v) is 14.4. The van der Waals surface area contributed by atoms with Crippen LogP contribution in [-0.2, 0) is 11.3 Å². The highest BCUT2D eigenvalue weighted by molar-refractivity contribution is 5.91. The van der Waals surface area contributed by atoms with Crippen LogP contribution in [0.3, 0.4) is 0 Å². The molecule has 0 fully saturated rings. The molecule has 0 saturated carbocycles. The molecule has 0 spiro atoms. The number of hydrogen-bond donors (Lipinski definition) is 1. The molecule has 0 aliphatic heterocycles. The van der Waals surface area contributed by atoms with E-state index in [2.05, 4.69) is 10.3 Å². The van der Waals surface area contributed by atoms with Gasteiger partial charge in [-0.1, -0.05) is 6.07 Å². The lowest BCUT2D eigenvalue weighted by molar-refractivity contribution is -0.116. The molecule has 25 heavy (non-hydrogen) atoms. The summed E-state index contributed by atoms with van der Waals surface area (Å²) in [7, 11) is 1.54. The highest BCUT2D eigenvalue weighted by atomic mass is 16.5. The van der Waals surface area contributed by atoms with Crippen molar-refractivity contribution in [1.82, 2.24) is 9.55 Å². The van der Waals surface area contributed by atoms with Crippen molar-refractivity contribution in [2.75, 3.05) is 12.4 Å². The SMILES string of the molecule is COc1ccc2ncn(CC(=O)Nc3cc(C)cc(C)c3)c(=O)c2c1. The van der Waals surface area contributed by atoms with Gasteiger partial charge in [0.2, 0.25) is 5.91 Å². The molecular weight excluding hydrogens is 318 g/mol. The van der Waals surface area contributed by atoms with Gasteiger partial charge in [0.1, 0.15) is 12.3 Å². The Hall–Kier alpha value is -3.15. The van der Waals surface area contributed by atoms with E-state index in [1.54, 1.807) is 18.2 Å². The highest BCUT2D eigenvalue weighted by Crippen LogP contribution is 2.16. The molecule has 0 unspecified atom stereocenters. The number of nitrogens with one attached hydrogen (secondary N) is 1. The zero-order chi connectivity index (χ0) is 18.0.